The van der Waals surface area contributed by atoms with Crippen molar-refractivity contribution in [1.82, 2.24) is 9.78 Å². The minimum atomic E-state index is 0. The summed E-state index contributed by atoms with van der Waals surface area (Å²) >= 11 is 0. The number of nitrogens with two attached hydrogens (primary N) is 1. The van der Waals surface area contributed by atoms with Crippen LogP contribution in [0.4, 0.5) is 0 Å². The Morgan fingerprint density at radius 3 is 2.62 bits per heavy atom. The second-order valence-electron chi connectivity index (χ2n) is 3.69. The Hall–Kier alpha value is -1.32. The van der Waals surface area contributed by atoms with Crippen molar-refractivity contribution >= 4 is 12.4 Å². The zero-order valence-electron chi connectivity index (χ0n) is 9.47. The van der Waals surface area contributed by atoms with E-state index in [0.717, 1.165) is 5.69 Å². The van der Waals surface area contributed by atoms with E-state index in [4.69, 9.17) is 5.73 Å². The Balaban J connectivity index is 0.00000128. The van der Waals surface area contributed by atoms with Crippen LogP contribution in [-0.4, -0.2) is 9.78 Å². The lowest BCUT2D eigenvalue weighted by Crippen LogP contribution is -2.00. The third kappa shape index (κ3) is 2.26. The first-order valence-electron chi connectivity index (χ1n) is 5.00. The molecule has 86 valence electrons. The monoisotopic (exact) mass is 237 g/mol. The Morgan fingerprint density at radius 1 is 1.31 bits per heavy atom. The third-order valence-electron chi connectivity index (χ3n) is 2.69. The summed E-state index contributed by atoms with van der Waals surface area (Å²) in [6, 6.07) is 8.34. The number of aromatic nitrogens is 2. The van der Waals surface area contributed by atoms with Gasteiger partial charge in [-0.2, -0.15) is 5.10 Å². The smallest absolute Gasteiger partial charge is 0.0678 e. The molecule has 0 saturated heterocycles. The van der Waals surface area contributed by atoms with Crippen molar-refractivity contribution in [1.29, 1.82) is 0 Å². The predicted octanol–water partition coefficient (Wildman–Crippen LogP) is 2.28. The molecular formula is C12H16ClN3. The van der Waals surface area contributed by atoms with E-state index in [1.807, 2.05) is 17.8 Å². The second-order valence-corrected chi connectivity index (χ2v) is 3.69. The van der Waals surface area contributed by atoms with E-state index < -0.39 is 0 Å². The summed E-state index contributed by atoms with van der Waals surface area (Å²) in [4.78, 5) is 0. The minimum absolute atomic E-state index is 0. The number of hydrogen-bond donors (Lipinski definition) is 1. The van der Waals surface area contributed by atoms with E-state index in [-0.39, 0.29) is 12.4 Å². The number of benzene rings is 1. The van der Waals surface area contributed by atoms with Crippen LogP contribution in [-0.2, 0) is 13.6 Å². The maximum atomic E-state index is 5.69. The Bertz CT molecular complexity index is 477. The molecule has 0 fully saturated rings. The first kappa shape index (κ1) is 12.7. The van der Waals surface area contributed by atoms with Gasteiger partial charge in [-0.15, -0.1) is 12.4 Å². The van der Waals surface area contributed by atoms with E-state index in [0.29, 0.717) is 6.54 Å². The first-order chi connectivity index (χ1) is 7.22. The van der Waals surface area contributed by atoms with E-state index in [9.17, 15) is 0 Å². The quantitative estimate of drug-likeness (QED) is 0.871. The van der Waals surface area contributed by atoms with Crippen LogP contribution in [0.3, 0.4) is 0 Å². The van der Waals surface area contributed by atoms with Crippen molar-refractivity contribution < 1.29 is 0 Å². The Morgan fingerprint density at radius 2 is 2.06 bits per heavy atom. The fraction of sp³-hybridized carbons (Fsp3) is 0.250. The highest BCUT2D eigenvalue weighted by Gasteiger charge is 2.04. The maximum absolute atomic E-state index is 5.69. The topological polar surface area (TPSA) is 43.8 Å². The van der Waals surface area contributed by atoms with E-state index in [1.54, 1.807) is 6.20 Å². The molecule has 0 radical (unpaired) electrons. The highest BCUT2D eigenvalue weighted by atomic mass is 35.5. The summed E-state index contributed by atoms with van der Waals surface area (Å²) in [5, 5.41) is 4.16. The number of nitrogens with zero attached hydrogens (tertiary/aromatic N) is 2. The molecule has 0 spiro atoms. The molecule has 0 saturated carbocycles. The van der Waals surface area contributed by atoms with Crippen molar-refractivity contribution in [3.05, 3.63) is 41.6 Å². The van der Waals surface area contributed by atoms with Gasteiger partial charge in [0.05, 0.1) is 5.69 Å². The van der Waals surface area contributed by atoms with Gasteiger partial charge >= 0.3 is 0 Å². The molecule has 2 N–H and O–H groups in total. The number of aryl methyl sites for hydroxylation is 2. The molecule has 2 aromatic rings. The molecule has 1 heterocycles. The zero-order valence-corrected chi connectivity index (χ0v) is 10.3. The predicted molar refractivity (Wildman–Crippen MR) is 68.5 cm³/mol. The molecule has 0 atom stereocenters. The van der Waals surface area contributed by atoms with Crippen LogP contribution >= 0.6 is 12.4 Å². The molecule has 1 aromatic carbocycles. The van der Waals surface area contributed by atoms with Crippen LogP contribution in [0.2, 0.25) is 0 Å². The van der Waals surface area contributed by atoms with Crippen LogP contribution in [0.5, 0.6) is 0 Å². The number of halogens is 1. The van der Waals surface area contributed by atoms with Crippen molar-refractivity contribution in [2.24, 2.45) is 12.8 Å². The van der Waals surface area contributed by atoms with Crippen LogP contribution in [0.25, 0.3) is 11.3 Å². The summed E-state index contributed by atoms with van der Waals surface area (Å²) < 4.78 is 1.87. The summed E-state index contributed by atoms with van der Waals surface area (Å²) in [7, 11) is 1.94. The minimum Gasteiger partial charge on any atom is -0.326 e. The van der Waals surface area contributed by atoms with E-state index in [2.05, 4.69) is 30.2 Å². The maximum Gasteiger partial charge on any atom is 0.0678 e. The summed E-state index contributed by atoms with van der Waals surface area (Å²) in [6.45, 7) is 2.66. The van der Waals surface area contributed by atoms with E-state index in [1.165, 1.54) is 16.7 Å². The van der Waals surface area contributed by atoms with Gasteiger partial charge in [0, 0.05) is 25.4 Å². The molecule has 4 heteroatoms. The lowest BCUT2D eigenvalue weighted by atomic mass is 10.0. The van der Waals surface area contributed by atoms with Gasteiger partial charge in [0.15, 0.2) is 0 Å². The lowest BCUT2D eigenvalue weighted by molar-refractivity contribution is 0.775. The van der Waals surface area contributed by atoms with Gasteiger partial charge in [-0.25, -0.2) is 0 Å². The Kier molecular flexibility index (Phi) is 4.10. The highest BCUT2D eigenvalue weighted by molar-refractivity contribution is 5.85. The fourth-order valence-electron chi connectivity index (χ4n) is 1.71. The molecule has 2 rings (SSSR count). The lowest BCUT2D eigenvalue weighted by Gasteiger charge is -2.07. The average molecular weight is 238 g/mol. The summed E-state index contributed by atoms with van der Waals surface area (Å²) in [5.74, 6) is 0. The molecule has 1 aromatic heterocycles. The third-order valence-corrected chi connectivity index (χ3v) is 2.69. The SMILES string of the molecule is Cc1ccc(-c2ccnn2C)cc1CN.Cl. The molecule has 0 bridgehead atoms. The van der Waals surface area contributed by atoms with E-state index >= 15 is 0 Å². The summed E-state index contributed by atoms with van der Waals surface area (Å²) in [6.07, 6.45) is 1.80. The van der Waals surface area contributed by atoms with Gasteiger partial charge in [-0.3, -0.25) is 4.68 Å². The average Bonchev–Trinajstić information content (AvgIpc) is 2.65. The van der Waals surface area contributed by atoms with Crippen molar-refractivity contribution in [2.45, 2.75) is 13.5 Å². The van der Waals surface area contributed by atoms with Crippen molar-refractivity contribution in [3.8, 4) is 11.3 Å². The highest BCUT2D eigenvalue weighted by Crippen LogP contribution is 2.21. The molecule has 0 aliphatic heterocycles. The van der Waals surface area contributed by atoms with Gasteiger partial charge < -0.3 is 5.73 Å². The first-order valence-corrected chi connectivity index (χ1v) is 5.00. The zero-order chi connectivity index (χ0) is 10.8. The normalized spacial score (nSPS) is 9.94. The Labute approximate surface area is 102 Å². The molecule has 0 aliphatic rings. The van der Waals surface area contributed by atoms with Crippen molar-refractivity contribution in [3.63, 3.8) is 0 Å². The fourth-order valence-corrected chi connectivity index (χ4v) is 1.71. The van der Waals surface area contributed by atoms with Crippen molar-refractivity contribution in [2.75, 3.05) is 0 Å². The number of hydrogen-bond acceptors (Lipinski definition) is 2. The van der Waals surface area contributed by atoms with Crippen LogP contribution in [0, 0.1) is 6.92 Å². The van der Waals surface area contributed by atoms with Crippen LogP contribution < -0.4 is 5.73 Å². The van der Waals surface area contributed by atoms with Crippen LogP contribution in [0.15, 0.2) is 30.5 Å². The molecule has 0 unspecified atom stereocenters. The van der Waals surface area contributed by atoms with Gasteiger partial charge in [0.1, 0.15) is 0 Å². The molecule has 0 amide bonds. The number of rotatable bonds is 2. The van der Waals surface area contributed by atoms with Crippen LogP contribution in [0.1, 0.15) is 11.1 Å². The largest absolute Gasteiger partial charge is 0.326 e. The standard InChI is InChI=1S/C12H15N3.ClH/c1-9-3-4-10(7-11(9)8-13)12-5-6-14-15(12)2;/h3-7H,8,13H2,1-2H3;1H. The second kappa shape index (κ2) is 5.14. The molecular weight excluding hydrogens is 222 g/mol. The molecule has 0 aliphatic carbocycles. The summed E-state index contributed by atoms with van der Waals surface area (Å²) in [5.41, 5.74) is 10.4. The van der Waals surface area contributed by atoms with Gasteiger partial charge in [-0.05, 0) is 30.2 Å². The molecule has 3 nitrogen and oxygen atoms in total. The van der Waals surface area contributed by atoms with Gasteiger partial charge in [0.25, 0.3) is 0 Å². The van der Waals surface area contributed by atoms with Gasteiger partial charge in [-0.1, -0.05) is 12.1 Å². The van der Waals surface area contributed by atoms with Gasteiger partial charge in [0.2, 0.25) is 0 Å². The molecule has 16 heavy (non-hydrogen) atoms.